The van der Waals surface area contributed by atoms with Gasteiger partial charge < -0.3 is 10.0 Å². The summed E-state index contributed by atoms with van der Waals surface area (Å²) in [7, 11) is 0. The Hall–Kier alpha value is -0.0800. The van der Waals surface area contributed by atoms with E-state index in [4.69, 9.17) is 5.11 Å². The first kappa shape index (κ1) is 10.9. The largest absolute Gasteiger partial charge is 0.396 e. The van der Waals surface area contributed by atoms with Gasteiger partial charge in [0.25, 0.3) is 0 Å². The number of aliphatic hydroxyl groups excluding tert-OH is 1. The molecule has 0 aromatic carbocycles. The Bertz CT molecular complexity index is 93.6. The Morgan fingerprint density at radius 2 is 1.82 bits per heavy atom. The minimum Gasteiger partial charge on any atom is -0.396 e. The van der Waals surface area contributed by atoms with Gasteiger partial charge in [0.2, 0.25) is 0 Å². The Morgan fingerprint density at radius 3 is 2.09 bits per heavy atom. The second kappa shape index (κ2) is 5.56. The number of aliphatic hydroxyl groups is 1. The number of hydrogen-bond acceptors (Lipinski definition) is 2. The second-order valence-electron chi connectivity index (χ2n) is 3.47. The van der Waals surface area contributed by atoms with Crippen LogP contribution in [0.5, 0.6) is 0 Å². The summed E-state index contributed by atoms with van der Waals surface area (Å²) in [5.74, 6) is 0.400. The molecule has 1 N–H and O–H groups in total. The van der Waals surface area contributed by atoms with Gasteiger partial charge in [-0.25, -0.2) is 0 Å². The van der Waals surface area contributed by atoms with E-state index in [0.29, 0.717) is 18.6 Å². The highest BCUT2D eigenvalue weighted by Crippen LogP contribution is 2.02. The molecule has 0 aromatic heterocycles. The smallest absolute Gasteiger partial charge is 0.0468 e. The molecule has 0 aromatic rings. The maximum atomic E-state index is 8.83. The minimum atomic E-state index is 0.295. The maximum Gasteiger partial charge on any atom is 0.0468 e. The lowest BCUT2D eigenvalue weighted by Crippen LogP contribution is -2.35. The molecule has 0 aliphatic rings. The highest BCUT2D eigenvalue weighted by molar-refractivity contribution is 4.63. The van der Waals surface area contributed by atoms with Crippen LogP contribution in [0, 0.1) is 5.92 Å². The zero-order chi connectivity index (χ0) is 8.85. The molecule has 0 saturated carbocycles. The lowest BCUT2D eigenvalue weighted by atomic mass is 10.1. The summed E-state index contributed by atoms with van der Waals surface area (Å²) in [5.41, 5.74) is 0. The predicted octanol–water partition coefficient (Wildman–Crippen LogP) is 1.35. The van der Waals surface area contributed by atoms with Crippen LogP contribution >= 0.6 is 0 Å². The summed E-state index contributed by atoms with van der Waals surface area (Å²) in [5, 5.41) is 8.83. The van der Waals surface area contributed by atoms with E-state index in [1.54, 1.807) is 0 Å². The van der Waals surface area contributed by atoms with Gasteiger partial charge in [-0.1, -0.05) is 13.8 Å². The molecule has 68 valence electrons. The molecule has 0 bridgehead atoms. The van der Waals surface area contributed by atoms with Gasteiger partial charge in [-0.15, -0.1) is 0 Å². The highest BCUT2D eigenvalue weighted by atomic mass is 16.3. The molecule has 0 amide bonds. The normalized spacial score (nSPS) is 14.5. The third-order valence-corrected chi connectivity index (χ3v) is 1.99. The molecule has 0 aliphatic carbocycles. The van der Waals surface area contributed by atoms with Gasteiger partial charge in [-0.2, -0.15) is 0 Å². The van der Waals surface area contributed by atoms with Crippen molar-refractivity contribution >= 4 is 0 Å². The van der Waals surface area contributed by atoms with Gasteiger partial charge in [-0.3, -0.25) is 0 Å². The second-order valence-corrected chi connectivity index (χ2v) is 3.47. The van der Waals surface area contributed by atoms with Gasteiger partial charge >= 0.3 is 0 Å². The maximum absolute atomic E-state index is 8.83. The van der Waals surface area contributed by atoms with Crippen LogP contribution in [0.1, 0.15) is 27.7 Å². The van der Waals surface area contributed by atoms with Crippen molar-refractivity contribution in [3.63, 3.8) is 0 Å². The van der Waals surface area contributed by atoms with Crippen molar-refractivity contribution in [2.24, 2.45) is 5.92 Å². The van der Waals surface area contributed by atoms with Crippen LogP contribution in [0.2, 0.25) is 0 Å². The Balaban J connectivity index is 3.68. The molecule has 2 heteroatoms. The van der Waals surface area contributed by atoms with Gasteiger partial charge in [0, 0.05) is 19.2 Å². The number of rotatable bonds is 5. The van der Waals surface area contributed by atoms with Gasteiger partial charge in [0.1, 0.15) is 0 Å². The number of nitrogens with zero attached hydrogens (tertiary/aromatic N) is 1. The quantitative estimate of drug-likeness (QED) is 0.654. The van der Waals surface area contributed by atoms with Crippen LogP contribution in [0.15, 0.2) is 0 Å². The fraction of sp³-hybridized carbons (Fsp3) is 1.00. The van der Waals surface area contributed by atoms with E-state index in [0.717, 1.165) is 13.1 Å². The summed E-state index contributed by atoms with van der Waals surface area (Å²) >= 11 is 0. The molecule has 0 saturated heterocycles. The van der Waals surface area contributed by atoms with Crippen molar-refractivity contribution in [3.05, 3.63) is 0 Å². The lowest BCUT2D eigenvalue weighted by Gasteiger charge is -2.27. The standard InChI is InChI=1S/C9H21NO/c1-5-10(8(2)3)6-9(4)7-11/h8-9,11H,5-7H2,1-4H3. The highest BCUT2D eigenvalue weighted by Gasteiger charge is 2.09. The Morgan fingerprint density at radius 1 is 1.27 bits per heavy atom. The van der Waals surface area contributed by atoms with Crippen molar-refractivity contribution < 1.29 is 5.11 Å². The van der Waals surface area contributed by atoms with Crippen LogP contribution in [0.3, 0.4) is 0 Å². The SMILES string of the molecule is CCN(CC(C)CO)C(C)C. The van der Waals surface area contributed by atoms with Crippen LogP contribution in [0.4, 0.5) is 0 Å². The third-order valence-electron chi connectivity index (χ3n) is 1.99. The lowest BCUT2D eigenvalue weighted by molar-refractivity contribution is 0.155. The van der Waals surface area contributed by atoms with E-state index < -0.39 is 0 Å². The van der Waals surface area contributed by atoms with E-state index in [9.17, 15) is 0 Å². The fourth-order valence-electron chi connectivity index (χ4n) is 1.16. The minimum absolute atomic E-state index is 0.295. The van der Waals surface area contributed by atoms with Crippen molar-refractivity contribution in [2.45, 2.75) is 33.7 Å². The van der Waals surface area contributed by atoms with Crippen LogP contribution in [-0.4, -0.2) is 35.7 Å². The van der Waals surface area contributed by atoms with Crippen LogP contribution in [0.25, 0.3) is 0 Å². The first-order valence-corrected chi connectivity index (χ1v) is 4.46. The molecule has 0 heterocycles. The van der Waals surface area contributed by atoms with Crippen molar-refractivity contribution in [1.29, 1.82) is 0 Å². The first-order chi connectivity index (χ1) is 5.11. The van der Waals surface area contributed by atoms with Crippen LogP contribution < -0.4 is 0 Å². The molecule has 11 heavy (non-hydrogen) atoms. The van der Waals surface area contributed by atoms with E-state index in [1.165, 1.54) is 0 Å². The summed E-state index contributed by atoms with van der Waals surface area (Å²) in [4.78, 5) is 2.36. The Kier molecular flexibility index (Phi) is 5.51. The van der Waals surface area contributed by atoms with E-state index in [-0.39, 0.29) is 0 Å². The molecular formula is C9H21NO. The van der Waals surface area contributed by atoms with Crippen LogP contribution in [-0.2, 0) is 0 Å². The topological polar surface area (TPSA) is 23.5 Å². The molecule has 2 nitrogen and oxygen atoms in total. The van der Waals surface area contributed by atoms with Crippen molar-refractivity contribution in [2.75, 3.05) is 19.7 Å². The van der Waals surface area contributed by atoms with Gasteiger partial charge in [0.05, 0.1) is 0 Å². The monoisotopic (exact) mass is 159 g/mol. The molecule has 0 spiro atoms. The fourth-order valence-corrected chi connectivity index (χ4v) is 1.16. The zero-order valence-electron chi connectivity index (χ0n) is 8.17. The average Bonchev–Trinajstić information content (AvgIpc) is 1.99. The summed E-state index contributed by atoms with van der Waals surface area (Å²) in [6.45, 7) is 11.0. The predicted molar refractivity (Wildman–Crippen MR) is 48.6 cm³/mol. The summed E-state index contributed by atoms with van der Waals surface area (Å²) < 4.78 is 0. The van der Waals surface area contributed by atoms with Gasteiger partial charge in [0.15, 0.2) is 0 Å². The average molecular weight is 159 g/mol. The van der Waals surface area contributed by atoms with Gasteiger partial charge in [-0.05, 0) is 26.3 Å². The van der Waals surface area contributed by atoms with Crippen molar-refractivity contribution in [1.82, 2.24) is 4.90 Å². The van der Waals surface area contributed by atoms with Crippen molar-refractivity contribution in [3.8, 4) is 0 Å². The first-order valence-electron chi connectivity index (χ1n) is 4.46. The molecule has 0 rings (SSSR count). The molecule has 0 aliphatic heterocycles. The molecule has 1 atom stereocenters. The van der Waals surface area contributed by atoms with E-state index in [2.05, 4.69) is 32.6 Å². The molecule has 0 radical (unpaired) electrons. The zero-order valence-corrected chi connectivity index (χ0v) is 8.17. The molecule has 0 fully saturated rings. The summed E-state index contributed by atoms with van der Waals surface area (Å²) in [6, 6.07) is 0.592. The molecule has 1 unspecified atom stereocenters. The number of hydrogen-bond donors (Lipinski definition) is 1. The Labute approximate surface area is 70.2 Å². The van der Waals surface area contributed by atoms with E-state index >= 15 is 0 Å². The summed E-state index contributed by atoms with van der Waals surface area (Å²) in [6.07, 6.45) is 0. The molecular weight excluding hydrogens is 138 g/mol. The van der Waals surface area contributed by atoms with E-state index in [1.807, 2.05) is 0 Å². The third kappa shape index (κ3) is 4.38.